The number of nitrogens with two attached hydrogens (primary N) is 2. The first-order valence-corrected chi connectivity index (χ1v) is 6.46. The van der Waals surface area contributed by atoms with Crippen molar-refractivity contribution in [2.75, 3.05) is 26.3 Å². The molecule has 2 unspecified atom stereocenters. The van der Waals surface area contributed by atoms with Gasteiger partial charge in [-0.3, -0.25) is 0 Å². The zero-order valence-corrected chi connectivity index (χ0v) is 10.8. The predicted octanol–water partition coefficient (Wildman–Crippen LogP) is -0.161. The Hall–Kier alpha value is -0.200. The van der Waals surface area contributed by atoms with E-state index in [1.54, 1.807) is 6.92 Å². The maximum atomic E-state index is 10.0. The number of aliphatic hydroxyl groups is 2. The fraction of sp³-hybridized carbons (Fsp3) is 1.00. The van der Waals surface area contributed by atoms with Crippen molar-refractivity contribution < 1.29 is 14.9 Å². The largest absolute Gasteiger partial charge is 0.394 e. The summed E-state index contributed by atoms with van der Waals surface area (Å²) in [6.45, 7) is 3.30. The van der Waals surface area contributed by atoms with Gasteiger partial charge in [0.25, 0.3) is 0 Å². The van der Waals surface area contributed by atoms with Crippen LogP contribution in [-0.2, 0) is 4.74 Å². The van der Waals surface area contributed by atoms with Crippen molar-refractivity contribution in [2.24, 2.45) is 17.4 Å². The van der Waals surface area contributed by atoms with Gasteiger partial charge in [0.1, 0.15) is 0 Å². The molecule has 0 fully saturated rings. The fourth-order valence-electron chi connectivity index (χ4n) is 1.74. The van der Waals surface area contributed by atoms with E-state index in [2.05, 4.69) is 0 Å². The molecule has 0 saturated heterocycles. The van der Waals surface area contributed by atoms with Gasteiger partial charge < -0.3 is 26.4 Å². The van der Waals surface area contributed by atoms with Crippen LogP contribution in [0.3, 0.4) is 0 Å². The third-order valence-electron chi connectivity index (χ3n) is 2.91. The minimum absolute atomic E-state index is 0.0248. The molecular weight excluding hydrogens is 220 g/mol. The van der Waals surface area contributed by atoms with Crippen LogP contribution in [-0.4, -0.2) is 48.7 Å². The summed E-state index contributed by atoms with van der Waals surface area (Å²) < 4.78 is 5.33. The number of aliphatic hydroxyl groups excluding tert-OH is 2. The lowest BCUT2D eigenvalue weighted by Gasteiger charge is -2.23. The minimum atomic E-state index is -0.498. The van der Waals surface area contributed by atoms with Gasteiger partial charge in [-0.15, -0.1) is 0 Å². The molecule has 0 rings (SSSR count). The minimum Gasteiger partial charge on any atom is -0.394 e. The second-order valence-corrected chi connectivity index (χ2v) is 4.52. The molecule has 0 heterocycles. The van der Waals surface area contributed by atoms with Crippen LogP contribution < -0.4 is 11.5 Å². The summed E-state index contributed by atoms with van der Waals surface area (Å²) in [5.41, 5.74) is 11.0. The summed E-state index contributed by atoms with van der Waals surface area (Å²) in [5.74, 6) is 0.188. The van der Waals surface area contributed by atoms with Gasteiger partial charge in [0.15, 0.2) is 0 Å². The summed E-state index contributed by atoms with van der Waals surface area (Å²) in [4.78, 5) is 0. The third-order valence-corrected chi connectivity index (χ3v) is 2.91. The first-order valence-electron chi connectivity index (χ1n) is 6.46. The first-order chi connectivity index (χ1) is 8.15. The van der Waals surface area contributed by atoms with Crippen LogP contribution in [0.25, 0.3) is 0 Å². The topological polar surface area (TPSA) is 102 Å². The third kappa shape index (κ3) is 8.51. The summed E-state index contributed by atoms with van der Waals surface area (Å²) in [5, 5.41) is 18.8. The molecule has 0 radical (unpaired) electrons. The molecule has 0 aliphatic rings. The van der Waals surface area contributed by atoms with E-state index in [0.717, 1.165) is 25.7 Å². The Bertz CT molecular complexity index is 162. The number of hydrogen-bond donors (Lipinski definition) is 4. The van der Waals surface area contributed by atoms with Crippen LogP contribution in [0.1, 0.15) is 32.6 Å². The van der Waals surface area contributed by atoms with E-state index in [4.69, 9.17) is 21.3 Å². The second kappa shape index (κ2) is 10.9. The Morgan fingerprint density at radius 2 is 1.65 bits per heavy atom. The Morgan fingerprint density at radius 1 is 1.12 bits per heavy atom. The van der Waals surface area contributed by atoms with E-state index in [1.807, 2.05) is 0 Å². The van der Waals surface area contributed by atoms with Crippen molar-refractivity contribution in [3.8, 4) is 0 Å². The van der Waals surface area contributed by atoms with Gasteiger partial charge in [-0.2, -0.15) is 0 Å². The molecule has 2 atom stereocenters. The average molecular weight is 248 g/mol. The Morgan fingerprint density at radius 3 is 2.06 bits per heavy atom. The molecule has 5 nitrogen and oxygen atoms in total. The zero-order valence-electron chi connectivity index (χ0n) is 10.8. The summed E-state index contributed by atoms with van der Waals surface area (Å²) in [6, 6.07) is 0. The zero-order chi connectivity index (χ0) is 13.1. The number of ether oxygens (including phenoxy) is 1. The summed E-state index contributed by atoms with van der Waals surface area (Å²) >= 11 is 0. The predicted molar refractivity (Wildman–Crippen MR) is 68.6 cm³/mol. The SMILES string of the molecule is CC(CO)OCC(O)C(CCCN)CCCN. The highest BCUT2D eigenvalue weighted by atomic mass is 16.5. The maximum Gasteiger partial charge on any atom is 0.0801 e. The standard InChI is InChI=1S/C12H28N2O3/c1-10(8-15)17-9-12(16)11(4-2-6-13)5-3-7-14/h10-12,15-16H,2-9,13-14H2,1H3. The van der Waals surface area contributed by atoms with E-state index in [-0.39, 0.29) is 25.2 Å². The lowest BCUT2D eigenvalue weighted by Crippen LogP contribution is -2.29. The van der Waals surface area contributed by atoms with Crippen molar-refractivity contribution >= 4 is 0 Å². The van der Waals surface area contributed by atoms with Gasteiger partial charge >= 0.3 is 0 Å². The van der Waals surface area contributed by atoms with Crippen LogP contribution in [0.2, 0.25) is 0 Å². The highest BCUT2D eigenvalue weighted by Gasteiger charge is 2.19. The molecule has 0 bridgehead atoms. The molecule has 17 heavy (non-hydrogen) atoms. The van der Waals surface area contributed by atoms with Crippen LogP contribution in [0.15, 0.2) is 0 Å². The van der Waals surface area contributed by atoms with Crippen LogP contribution in [0, 0.1) is 5.92 Å². The van der Waals surface area contributed by atoms with Gasteiger partial charge in [0.05, 0.1) is 25.4 Å². The molecule has 6 N–H and O–H groups in total. The number of hydrogen-bond acceptors (Lipinski definition) is 5. The van der Waals surface area contributed by atoms with Crippen molar-refractivity contribution in [3.05, 3.63) is 0 Å². The van der Waals surface area contributed by atoms with Gasteiger partial charge in [-0.05, 0) is 51.6 Å². The van der Waals surface area contributed by atoms with Gasteiger partial charge in [0.2, 0.25) is 0 Å². The van der Waals surface area contributed by atoms with Crippen LogP contribution in [0.5, 0.6) is 0 Å². The van der Waals surface area contributed by atoms with E-state index in [1.165, 1.54) is 0 Å². The van der Waals surface area contributed by atoms with Crippen molar-refractivity contribution in [2.45, 2.75) is 44.8 Å². The van der Waals surface area contributed by atoms with Gasteiger partial charge in [-0.25, -0.2) is 0 Å². The van der Waals surface area contributed by atoms with E-state index >= 15 is 0 Å². The highest BCUT2D eigenvalue weighted by molar-refractivity contribution is 4.70. The summed E-state index contributed by atoms with van der Waals surface area (Å²) in [6.07, 6.45) is 2.88. The van der Waals surface area contributed by atoms with Crippen LogP contribution in [0.4, 0.5) is 0 Å². The quantitative estimate of drug-likeness (QED) is 0.407. The average Bonchev–Trinajstić information content (AvgIpc) is 2.35. The van der Waals surface area contributed by atoms with Crippen molar-refractivity contribution in [1.29, 1.82) is 0 Å². The molecule has 0 aliphatic heterocycles. The van der Waals surface area contributed by atoms with Gasteiger partial charge in [-0.1, -0.05) is 0 Å². The molecule has 5 heteroatoms. The Balaban J connectivity index is 3.96. The highest BCUT2D eigenvalue weighted by Crippen LogP contribution is 2.18. The molecular formula is C12H28N2O3. The molecule has 0 spiro atoms. The Labute approximate surface area is 104 Å². The lowest BCUT2D eigenvalue weighted by atomic mass is 9.92. The summed E-state index contributed by atoms with van der Waals surface area (Å²) in [7, 11) is 0. The molecule has 104 valence electrons. The second-order valence-electron chi connectivity index (χ2n) is 4.52. The molecule has 0 amide bonds. The van der Waals surface area contributed by atoms with Crippen LogP contribution >= 0.6 is 0 Å². The molecule has 0 aliphatic carbocycles. The normalized spacial score (nSPS) is 15.2. The first kappa shape index (κ1) is 16.8. The fourth-order valence-corrected chi connectivity index (χ4v) is 1.74. The number of rotatable bonds is 11. The molecule has 0 saturated carbocycles. The molecule has 0 aromatic heterocycles. The van der Waals surface area contributed by atoms with E-state index in [0.29, 0.717) is 13.1 Å². The molecule has 0 aromatic rings. The smallest absolute Gasteiger partial charge is 0.0801 e. The lowest BCUT2D eigenvalue weighted by molar-refractivity contribution is -0.0444. The Kier molecular flexibility index (Phi) is 10.8. The van der Waals surface area contributed by atoms with Crippen molar-refractivity contribution in [1.82, 2.24) is 0 Å². The van der Waals surface area contributed by atoms with E-state index in [9.17, 15) is 5.11 Å². The maximum absolute atomic E-state index is 10.0. The monoisotopic (exact) mass is 248 g/mol. The van der Waals surface area contributed by atoms with Gasteiger partial charge in [0, 0.05) is 0 Å². The van der Waals surface area contributed by atoms with E-state index < -0.39 is 6.10 Å². The molecule has 0 aromatic carbocycles. The van der Waals surface area contributed by atoms with Crippen molar-refractivity contribution in [3.63, 3.8) is 0 Å².